The molecule has 0 bridgehead atoms. The first-order valence-corrected chi connectivity index (χ1v) is 8.79. The van der Waals surface area contributed by atoms with Gasteiger partial charge in [-0.1, -0.05) is 30.3 Å². The lowest BCUT2D eigenvalue weighted by Crippen LogP contribution is -2.53. The van der Waals surface area contributed by atoms with Gasteiger partial charge in [0, 0.05) is 37.5 Å². The van der Waals surface area contributed by atoms with Crippen molar-refractivity contribution in [1.82, 2.24) is 10.2 Å². The molecule has 2 atom stereocenters. The summed E-state index contributed by atoms with van der Waals surface area (Å²) in [4.78, 5) is 2.70. The lowest BCUT2D eigenvalue weighted by molar-refractivity contribution is 0.130. The minimum Gasteiger partial charge on any atom is -0.311 e. The van der Waals surface area contributed by atoms with E-state index in [-0.39, 0.29) is 0 Å². The molecule has 2 nitrogen and oxygen atoms in total. The molecule has 3 rings (SSSR count). The Morgan fingerprint density at radius 2 is 2.05 bits per heavy atom. The SMILES string of the molecule is CSCCN1CC(C2CC2)NCC1c1ccccc1. The van der Waals surface area contributed by atoms with Crippen LogP contribution in [0.3, 0.4) is 0 Å². The first-order chi connectivity index (χ1) is 9.38. The Kier molecular flexibility index (Phi) is 4.46. The highest BCUT2D eigenvalue weighted by Gasteiger charge is 2.37. The third-order valence-electron chi connectivity index (χ3n) is 4.40. The first-order valence-electron chi connectivity index (χ1n) is 7.40. The highest BCUT2D eigenvalue weighted by molar-refractivity contribution is 7.98. The number of thioether (sulfide) groups is 1. The van der Waals surface area contributed by atoms with Gasteiger partial charge in [-0.15, -0.1) is 0 Å². The predicted molar refractivity (Wildman–Crippen MR) is 83.7 cm³/mol. The Labute approximate surface area is 121 Å². The third-order valence-corrected chi connectivity index (χ3v) is 4.99. The van der Waals surface area contributed by atoms with Gasteiger partial charge in [-0.05, 0) is 30.6 Å². The van der Waals surface area contributed by atoms with E-state index in [4.69, 9.17) is 0 Å². The second-order valence-corrected chi connectivity index (χ2v) is 6.75. The van der Waals surface area contributed by atoms with Gasteiger partial charge in [0.1, 0.15) is 0 Å². The number of piperazine rings is 1. The van der Waals surface area contributed by atoms with Gasteiger partial charge in [-0.3, -0.25) is 4.90 Å². The van der Waals surface area contributed by atoms with Crippen LogP contribution in [0.15, 0.2) is 30.3 Å². The molecule has 1 aliphatic heterocycles. The Morgan fingerprint density at radius 1 is 1.26 bits per heavy atom. The normalized spacial score (nSPS) is 28.5. The summed E-state index contributed by atoms with van der Waals surface area (Å²) in [6.45, 7) is 3.55. The van der Waals surface area contributed by atoms with Crippen molar-refractivity contribution in [2.24, 2.45) is 5.92 Å². The molecule has 1 aliphatic carbocycles. The molecule has 1 aromatic carbocycles. The van der Waals surface area contributed by atoms with Crippen LogP contribution in [-0.2, 0) is 0 Å². The monoisotopic (exact) mass is 276 g/mol. The molecule has 0 spiro atoms. The summed E-state index contributed by atoms with van der Waals surface area (Å²) in [5, 5.41) is 3.79. The van der Waals surface area contributed by atoms with Crippen molar-refractivity contribution in [1.29, 1.82) is 0 Å². The lowest BCUT2D eigenvalue weighted by atomic mass is 9.99. The van der Waals surface area contributed by atoms with Crippen LogP contribution in [0, 0.1) is 5.92 Å². The molecule has 104 valence electrons. The van der Waals surface area contributed by atoms with Crippen molar-refractivity contribution < 1.29 is 0 Å². The van der Waals surface area contributed by atoms with E-state index in [1.54, 1.807) is 0 Å². The van der Waals surface area contributed by atoms with E-state index >= 15 is 0 Å². The minimum atomic E-state index is 0.559. The van der Waals surface area contributed by atoms with Gasteiger partial charge in [0.25, 0.3) is 0 Å². The minimum absolute atomic E-state index is 0.559. The van der Waals surface area contributed by atoms with E-state index in [2.05, 4.69) is 46.8 Å². The van der Waals surface area contributed by atoms with Gasteiger partial charge < -0.3 is 5.32 Å². The molecule has 0 aromatic heterocycles. The molecule has 2 aliphatic rings. The molecule has 2 unspecified atom stereocenters. The zero-order valence-corrected chi connectivity index (χ0v) is 12.5. The number of nitrogens with zero attached hydrogens (tertiary/aromatic N) is 1. The molecule has 1 heterocycles. The summed E-state index contributed by atoms with van der Waals surface area (Å²) in [6.07, 6.45) is 5.08. The van der Waals surface area contributed by atoms with E-state index in [1.165, 1.54) is 37.2 Å². The van der Waals surface area contributed by atoms with Crippen LogP contribution in [0.4, 0.5) is 0 Å². The van der Waals surface area contributed by atoms with Crippen molar-refractivity contribution in [3.63, 3.8) is 0 Å². The fourth-order valence-electron chi connectivity index (χ4n) is 3.11. The molecule has 1 N–H and O–H groups in total. The molecule has 1 saturated heterocycles. The standard InChI is InChI=1S/C16H24N2S/c1-19-10-9-18-12-15(13-7-8-13)17-11-16(18)14-5-3-2-4-6-14/h2-6,13,15-17H,7-12H2,1H3. The second kappa shape index (κ2) is 6.29. The number of nitrogens with one attached hydrogen (secondary N) is 1. The predicted octanol–water partition coefficient (Wildman–Crippen LogP) is 2.77. The molecule has 2 fully saturated rings. The quantitative estimate of drug-likeness (QED) is 0.890. The van der Waals surface area contributed by atoms with Gasteiger partial charge in [-0.25, -0.2) is 0 Å². The van der Waals surface area contributed by atoms with Crippen LogP contribution in [0.5, 0.6) is 0 Å². The van der Waals surface area contributed by atoms with Crippen molar-refractivity contribution >= 4 is 11.8 Å². The zero-order chi connectivity index (χ0) is 13.1. The van der Waals surface area contributed by atoms with Gasteiger partial charge in [-0.2, -0.15) is 11.8 Å². The number of hydrogen-bond donors (Lipinski definition) is 1. The van der Waals surface area contributed by atoms with E-state index < -0.39 is 0 Å². The lowest BCUT2D eigenvalue weighted by Gasteiger charge is -2.41. The average Bonchev–Trinajstić information content (AvgIpc) is 3.30. The van der Waals surface area contributed by atoms with Gasteiger partial charge in [0.2, 0.25) is 0 Å². The first kappa shape index (κ1) is 13.5. The molecule has 0 amide bonds. The average molecular weight is 276 g/mol. The van der Waals surface area contributed by atoms with Crippen molar-refractivity contribution in [3.8, 4) is 0 Å². The summed E-state index contributed by atoms with van der Waals surface area (Å²) in [6, 6.07) is 12.3. The maximum absolute atomic E-state index is 3.79. The molecule has 1 aromatic rings. The zero-order valence-electron chi connectivity index (χ0n) is 11.7. The molecular formula is C16H24N2S. The van der Waals surface area contributed by atoms with Crippen LogP contribution in [0.2, 0.25) is 0 Å². The number of benzene rings is 1. The molecule has 19 heavy (non-hydrogen) atoms. The maximum Gasteiger partial charge on any atom is 0.0473 e. The Hall–Kier alpha value is -0.510. The van der Waals surface area contributed by atoms with Gasteiger partial charge in [0.15, 0.2) is 0 Å². The Bertz CT molecular complexity index is 391. The van der Waals surface area contributed by atoms with Crippen LogP contribution in [0.1, 0.15) is 24.4 Å². The van der Waals surface area contributed by atoms with E-state index in [0.717, 1.165) is 18.5 Å². The number of hydrogen-bond acceptors (Lipinski definition) is 3. The molecule has 3 heteroatoms. The highest BCUT2D eigenvalue weighted by Crippen LogP contribution is 2.36. The second-order valence-electron chi connectivity index (χ2n) is 5.77. The highest BCUT2D eigenvalue weighted by atomic mass is 32.2. The largest absolute Gasteiger partial charge is 0.311 e. The van der Waals surface area contributed by atoms with E-state index in [1.807, 2.05) is 11.8 Å². The van der Waals surface area contributed by atoms with E-state index in [9.17, 15) is 0 Å². The summed E-state index contributed by atoms with van der Waals surface area (Å²) in [7, 11) is 0. The molecule has 1 saturated carbocycles. The molecule has 0 radical (unpaired) electrons. The summed E-state index contributed by atoms with van der Waals surface area (Å²) < 4.78 is 0. The maximum atomic E-state index is 3.79. The van der Waals surface area contributed by atoms with E-state index in [0.29, 0.717) is 6.04 Å². The van der Waals surface area contributed by atoms with Crippen LogP contribution in [-0.4, -0.2) is 42.6 Å². The van der Waals surface area contributed by atoms with Crippen molar-refractivity contribution in [2.45, 2.75) is 24.9 Å². The number of rotatable bonds is 5. The van der Waals surface area contributed by atoms with Crippen molar-refractivity contribution in [3.05, 3.63) is 35.9 Å². The van der Waals surface area contributed by atoms with Crippen LogP contribution < -0.4 is 5.32 Å². The van der Waals surface area contributed by atoms with Crippen molar-refractivity contribution in [2.75, 3.05) is 31.6 Å². The van der Waals surface area contributed by atoms with Gasteiger partial charge in [0.05, 0.1) is 0 Å². The third kappa shape index (κ3) is 3.33. The topological polar surface area (TPSA) is 15.3 Å². The summed E-state index contributed by atoms with van der Waals surface area (Å²) in [5.41, 5.74) is 1.46. The fourth-order valence-corrected chi connectivity index (χ4v) is 3.53. The smallest absolute Gasteiger partial charge is 0.0473 e. The van der Waals surface area contributed by atoms with Gasteiger partial charge >= 0.3 is 0 Å². The fraction of sp³-hybridized carbons (Fsp3) is 0.625. The van der Waals surface area contributed by atoms with Crippen LogP contribution in [0.25, 0.3) is 0 Å². The summed E-state index contributed by atoms with van der Waals surface area (Å²) in [5.74, 6) is 2.19. The Morgan fingerprint density at radius 3 is 2.74 bits per heavy atom. The van der Waals surface area contributed by atoms with Crippen LogP contribution >= 0.6 is 11.8 Å². The summed E-state index contributed by atoms with van der Waals surface area (Å²) >= 11 is 1.96. The Balaban J connectivity index is 1.70. The molecular weight excluding hydrogens is 252 g/mol.